The number of carboxylic acid groups (broad SMARTS) is 1. The van der Waals surface area contributed by atoms with E-state index in [4.69, 9.17) is 14.3 Å². The standard InChI is InChI=1S/C19H17NO5/c21-11-13-10-17(24-12-13)18(19(22)23)20-14-6-8-16(9-7-14)25-15-4-2-1-3-5-15/h1-10,12,18,20-21H,11H2,(H,22,23). The minimum atomic E-state index is -1.08. The zero-order valence-electron chi connectivity index (χ0n) is 13.3. The number of carbonyl (C=O) groups is 1. The predicted octanol–water partition coefficient (Wildman–Crippen LogP) is 3.80. The summed E-state index contributed by atoms with van der Waals surface area (Å²) in [4.78, 5) is 11.5. The Balaban J connectivity index is 1.71. The van der Waals surface area contributed by atoms with Crippen LogP contribution in [0.25, 0.3) is 0 Å². The van der Waals surface area contributed by atoms with E-state index >= 15 is 0 Å². The van der Waals surface area contributed by atoms with Crippen molar-refractivity contribution in [2.75, 3.05) is 5.32 Å². The first-order chi connectivity index (χ1) is 12.2. The minimum absolute atomic E-state index is 0.207. The van der Waals surface area contributed by atoms with Gasteiger partial charge in [-0.15, -0.1) is 0 Å². The van der Waals surface area contributed by atoms with Crippen LogP contribution in [-0.4, -0.2) is 16.2 Å². The van der Waals surface area contributed by atoms with Crippen molar-refractivity contribution in [2.24, 2.45) is 0 Å². The Morgan fingerprint density at radius 3 is 2.36 bits per heavy atom. The fraction of sp³-hybridized carbons (Fsp3) is 0.105. The van der Waals surface area contributed by atoms with Gasteiger partial charge in [0.1, 0.15) is 17.3 Å². The Morgan fingerprint density at radius 2 is 1.76 bits per heavy atom. The van der Waals surface area contributed by atoms with Gasteiger partial charge in [0.2, 0.25) is 0 Å². The number of rotatable bonds is 7. The van der Waals surface area contributed by atoms with Gasteiger partial charge in [-0.25, -0.2) is 4.79 Å². The minimum Gasteiger partial charge on any atom is -0.479 e. The van der Waals surface area contributed by atoms with Crippen molar-refractivity contribution in [3.05, 3.63) is 78.3 Å². The van der Waals surface area contributed by atoms with Gasteiger partial charge in [-0.05, 0) is 42.5 Å². The molecule has 0 aliphatic rings. The second-order valence-electron chi connectivity index (χ2n) is 5.37. The lowest BCUT2D eigenvalue weighted by Gasteiger charge is -2.14. The zero-order chi connectivity index (χ0) is 17.6. The second kappa shape index (κ2) is 7.55. The zero-order valence-corrected chi connectivity index (χ0v) is 13.3. The Kier molecular flexibility index (Phi) is 5.01. The van der Waals surface area contributed by atoms with E-state index in [1.165, 1.54) is 12.3 Å². The molecule has 0 spiro atoms. The number of aliphatic hydroxyl groups excluding tert-OH is 1. The quantitative estimate of drug-likeness (QED) is 0.606. The van der Waals surface area contributed by atoms with Crippen LogP contribution in [0.4, 0.5) is 5.69 Å². The fourth-order valence-electron chi connectivity index (χ4n) is 2.29. The van der Waals surface area contributed by atoms with Gasteiger partial charge in [-0.2, -0.15) is 0 Å². The van der Waals surface area contributed by atoms with E-state index in [2.05, 4.69) is 5.32 Å². The molecule has 1 unspecified atom stereocenters. The molecule has 6 heteroatoms. The number of ether oxygens (including phenoxy) is 1. The summed E-state index contributed by atoms with van der Waals surface area (Å²) >= 11 is 0. The molecule has 0 aliphatic heterocycles. The lowest BCUT2D eigenvalue weighted by atomic mass is 10.2. The molecule has 3 N–H and O–H groups in total. The molecule has 1 aromatic heterocycles. The molecule has 3 aromatic rings. The molecule has 0 saturated carbocycles. The van der Waals surface area contributed by atoms with Crippen molar-refractivity contribution in [2.45, 2.75) is 12.6 Å². The number of hydrogen-bond acceptors (Lipinski definition) is 5. The molecule has 0 aliphatic carbocycles. The molecule has 0 amide bonds. The first kappa shape index (κ1) is 16.6. The maximum absolute atomic E-state index is 11.5. The molecule has 0 saturated heterocycles. The second-order valence-corrected chi connectivity index (χ2v) is 5.37. The van der Waals surface area contributed by atoms with Crippen molar-refractivity contribution in [1.82, 2.24) is 0 Å². The fourth-order valence-corrected chi connectivity index (χ4v) is 2.29. The molecule has 2 aromatic carbocycles. The summed E-state index contributed by atoms with van der Waals surface area (Å²) in [7, 11) is 0. The number of aliphatic hydroxyl groups is 1. The highest BCUT2D eigenvalue weighted by Gasteiger charge is 2.23. The molecule has 0 bridgehead atoms. The number of carboxylic acids is 1. The van der Waals surface area contributed by atoms with Crippen LogP contribution in [0, 0.1) is 0 Å². The summed E-state index contributed by atoms with van der Waals surface area (Å²) in [6, 6.07) is 16.8. The summed E-state index contributed by atoms with van der Waals surface area (Å²) in [5.41, 5.74) is 1.13. The van der Waals surface area contributed by atoms with Gasteiger partial charge in [-0.1, -0.05) is 18.2 Å². The lowest BCUT2D eigenvalue weighted by molar-refractivity contribution is -0.138. The summed E-state index contributed by atoms with van der Waals surface area (Å²) in [5.74, 6) is 0.507. The van der Waals surface area contributed by atoms with E-state index in [1.54, 1.807) is 24.3 Å². The van der Waals surface area contributed by atoms with Crippen LogP contribution in [-0.2, 0) is 11.4 Å². The SMILES string of the molecule is O=C(O)C(Nc1ccc(Oc2ccccc2)cc1)c1cc(CO)co1. The Bertz CT molecular complexity index is 827. The largest absolute Gasteiger partial charge is 0.479 e. The summed E-state index contributed by atoms with van der Waals surface area (Å²) in [5, 5.41) is 21.4. The van der Waals surface area contributed by atoms with E-state index in [0.717, 1.165) is 5.75 Å². The third kappa shape index (κ3) is 4.19. The average Bonchev–Trinajstić information content (AvgIpc) is 3.10. The highest BCUT2D eigenvalue weighted by Crippen LogP contribution is 2.26. The van der Waals surface area contributed by atoms with Crippen LogP contribution in [0.1, 0.15) is 17.4 Å². The third-order valence-corrected chi connectivity index (χ3v) is 3.53. The molecular weight excluding hydrogens is 322 g/mol. The molecule has 25 heavy (non-hydrogen) atoms. The molecule has 6 nitrogen and oxygen atoms in total. The number of anilines is 1. The van der Waals surface area contributed by atoms with Crippen LogP contribution in [0.3, 0.4) is 0 Å². The predicted molar refractivity (Wildman–Crippen MR) is 91.6 cm³/mol. The molecule has 128 valence electrons. The van der Waals surface area contributed by atoms with Crippen LogP contribution < -0.4 is 10.1 Å². The van der Waals surface area contributed by atoms with Gasteiger partial charge in [0, 0.05) is 11.3 Å². The van der Waals surface area contributed by atoms with Gasteiger partial charge in [-0.3, -0.25) is 0 Å². The van der Waals surface area contributed by atoms with Crippen LogP contribution in [0.2, 0.25) is 0 Å². The Morgan fingerprint density at radius 1 is 1.08 bits per heavy atom. The maximum Gasteiger partial charge on any atom is 0.334 e. The van der Waals surface area contributed by atoms with Gasteiger partial charge in [0.05, 0.1) is 12.9 Å². The number of hydrogen-bond donors (Lipinski definition) is 3. The van der Waals surface area contributed by atoms with Gasteiger partial charge < -0.3 is 24.7 Å². The summed E-state index contributed by atoms with van der Waals surface area (Å²) in [6.45, 7) is -0.207. The molecule has 3 rings (SSSR count). The third-order valence-electron chi connectivity index (χ3n) is 3.53. The van der Waals surface area contributed by atoms with E-state index in [-0.39, 0.29) is 12.4 Å². The van der Waals surface area contributed by atoms with Crippen molar-refractivity contribution in [3.63, 3.8) is 0 Å². The van der Waals surface area contributed by atoms with E-state index in [0.29, 0.717) is 17.0 Å². The summed E-state index contributed by atoms with van der Waals surface area (Å²) < 4.78 is 10.9. The van der Waals surface area contributed by atoms with Crippen molar-refractivity contribution < 1.29 is 24.2 Å². The van der Waals surface area contributed by atoms with Crippen LogP contribution in [0.15, 0.2) is 71.3 Å². The van der Waals surface area contributed by atoms with Crippen LogP contribution >= 0.6 is 0 Å². The Labute approximate surface area is 144 Å². The molecule has 1 heterocycles. The number of nitrogens with one attached hydrogen (secondary N) is 1. The highest BCUT2D eigenvalue weighted by atomic mass is 16.5. The van der Waals surface area contributed by atoms with Crippen LogP contribution in [0.5, 0.6) is 11.5 Å². The van der Waals surface area contributed by atoms with Gasteiger partial charge in [0.15, 0.2) is 6.04 Å². The van der Waals surface area contributed by atoms with Crippen molar-refractivity contribution >= 4 is 11.7 Å². The smallest absolute Gasteiger partial charge is 0.334 e. The molecule has 1 atom stereocenters. The normalized spacial score (nSPS) is 11.7. The molecular formula is C19H17NO5. The number of furan rings is 1. The topological polar surface area (TPSA) is 91.9 Å². The maximum atomic E-state index is 11.5. The monoisotopic (exact) mass is 339 g/mol. The number of para-hydroxylation sites is 1. The first-order valence-corrected chi connectivity index (χ1v) is 7.66. The van der Waals surface area contributed by atoms with Gasteiger partial charge in [0.25, 0.3) is 0 Å². The van der Waals surface area contributed by atoms with E-state index < -0.39 is 12.0 Å². The van der Waals surface area contributed by atoms with Gasteiger partial charge >= 0.3 is 5.97 Å². The van der Waals surface area contributed by atoms with E-state index in [9.17, 15) is 9.90 Å². The first-order valence-electron chi connectivity index (χ1n) is 7.66. The Hall–Kier alpha value is -3.25. The number of benzene rings is 2. The number of aliphatic carboxylic acids is 1. The average molecular weight is 339 g/mol. The highest BCUT2D eigenvalue weighted by molar-refractivity contribution is 5.78. The molecule has 0 fully saturated rings. The summed E-state index contributed by atoms with van der Waals surface area (Å²) in [6.07, 6.45) is 1.34. The van der Waals surface area contributed by atoms with Crippen molar-refractivity contribution in [1.29, 1.82) is 0 Å². The van der Waals surface area contributed by atoms with E-state index in [1.807, 2.05) is 30.3 Å². The molecule has 0 radical (unpaired) electrons. The lowest BCUT2D eigenvalue weighted by Crippen LogP contribution is -2.19. The van der Waals surface area contributed by atoms with Crippen molar-refractivity contribution in [3.8, 4) is 11.5 Å².